The molecule has 0 aliphatic carbocycles. The monoisotopic (exact) mass is 215 g/mol. The summed E-state index contributed by atoms with van der Waals surface area (Å²) in [7, 11) is 5.70. The largest absolute Gasteiger partial charge is 0.367 e. The minimum Gasteiger partial charge on any atom is -0.367 e. The second-order valence-corrected chi connectivity index (χ2v) is 3.99. The average molecular weight is 215 g/mol. The molecule has 15 heavy (non-hydrogen) atoms. The summed E-state index contributed by atoms with van der Waals surface area (Å²) in [6.45, 7) is 0.502. The van der Waals surface area contributed by atoms with Crippen LogP contribution in [0.25, 0.3) is 0 Å². The Balaban J connectivity index is 2.74. The second kappa shape index (κ2) is 5.55. The number of hydrogen-bond donors (Lipinski definition) is 3. The molecular formula is C10H21N3O2. The van der Waals surface area contributed by atoms with E-state index in [0.29, 0.717) is 6.61 Å². The zero-order valence-corrected chi connectivity index (χ0v) is 9.67. The van der Waals surface area contributed by atoms with Crippen LogP contribution >= 0.6 is 0 Å². The summed E-state index contributed by atoms with van der Waals surface area (Å²) in [5.41, 5.74) is -0.245. The van der Waals surface area contributed by atoms with Crippen LogP contribution in [0, 0.1) is 0 Å². The summed E-state index contributed by atoms with van der Waals surface area (Å²) < 4.78 is 5.55. The van der Waals surface area contributed by atoms with Crippen molar-refractivity contribution in [3.8, 4) is 0 Å². The van der Waals surface area contributed by atoms with Crippen LogP contribution in [0.5, 0.6) is 0 Å². The molecule has 2 atom stereocenters. The third kappa shape index (κ3) is 2.98. The van der Waals surface area contributed by atoms with Gasteiger partial charge in [-0.05, 0) is 34.0 Å². The van der Waals surface area contributed by atoms with E-state index in [1.807, 2.05) is 21.1 Å². The van der Waals surface area contributed by atoms with Gasteiger partial charge < -0.3 is 25.5 Å². The molecule has 1 aliphatic heterocycles. The number of rotatable bonds is 4. The summed E-state index contributed by atoms with van der Waals surface area (Å²) in [4.78, 5) is 10.8. The molecule has 1 aliphatic rings. The van der Waals surface area contributed by atoms with Gasteiger partial charge >= 0.3 is 0 Å². The van der Waals surface area contributed by atoms with Crippen LogP contribution in [0.2, 0.25) is 0 Å². The minimum atomic E-state index is -0.300. The molecule has 3 N–H and O–H groups in total. The number of nitrogens with one attached hydrogen (secondary N) is 3. The van der Waals surface area contributed by atoms with Gasteiger partial charge in [-0.2, -0.15) is 0 Å². The molecule has 5 nitrogen and oxygen atoms in total. The van der Waals surface area contributed by atoms with Gasteiger partial charge in [0.2, 0.25) is 0 Å². The molecule has 0 aromatic rings. The summed E-state index contributed by atoms with van der Waals surface area (Å²) in [6, 6.07) is 0.280. The van der Waals surface area contributed by atoms with Crippen molar-refractivity contribution in [1.82, 2.24) is 16.0 Å². The molecule has 0 aromatic carbocycles. The molecule has 88 valence electrons. The van der Waals surface area contributed by atoms with Gasteiger partial charge in [-0.1, -0.05) is 0 Å². The molecular weight excluding hydrogens is 194 g/mol. The quantitative estimate of drug-likeness (QED) is 0.418. The van der Waals surface area contributed by atoms with Gasteiger partial charge in [0.25, 0.3) is 0 Å². The van der Waals surface area contributed by atoms with Gasteiger partial charge in [-0.15, -0.1) is 0 Å². The van der Waals surface area contributed by atoms with E-state index in [2.05, 4.69) is 16.0 Å². The van der Waals surface area contributed by atoms with Crippen molar-refractivity contribution in [3.05, 3.63) is 0 Å². The van der Waals surface area contributed by atoms with Gasteiger partial charge in [-0.3, -0.25) is 0 Å². The van der Waals surface area contributed by atoms with Crippen molar-refractivity contribution in [3.63, 3.8) is 0 Å². The summed E-state index contributed by atoms with van der Waals surface area (Å²) in [5, 5.41) is 9.66. The van der Waals surface area contributed by atoms with Crippen LogP contribution in [-0.4, -0.2) is 51.8 Å². The molecule has 0 saturated carbocycles. The lowest BCUT2D eigenvalue weighted by atomic mass is 9.99. The van der Waals surface area contributed by atoms with E-state index in [4.69, 9.17) is 4.74 Å². The number of aldehydes is 1. The number of hydrogen-bond acceptors (Lipinski definition) is 5. The first-order chi connectivity index (χ1) is 7.19. The summed E-state index contributed by atoms with van der Waals surface area (Å²) in [6.07, 6.45) is 2.20. The first kappa shape index (κ1) is 12.6. The Morgan fingerprint density at radius 1 is 1.33 bits per heavy atom. The van der Waals surface area contributed by atoms with Gasteiger partial charge in [0.05, 0.1) is 12.3 Å². The lowest BCUT2D eigenvalue weighted by molar-refractivity contribution is -0.119. The van der Waals surface area contributed by atoms with E-state index in [9.17, 15) is 4.79 Å². The highest BCUT2D eigenvalue weighted by Crippen LogP contribution is 2.19. The maximum atomic E-state index is 10.8. The van der Waals surface area contributed by atoms with Crippen molar-refractivity contribution in [2.75, 3.05) is 27.7 Å². The molecule has 1 heterocycles. The van der Waals surface area contributed by atoms with Crippen LogP contribution in [0.4, 0.5) is 0 Å². The summed E-state index contributed by atoms with van der Waals surface area (Å²) in [5.74, 6) is 0. The van der Waals surface area contributed by atoms with Crippen molar-refractivity contribution < 1.29 is 9.53 Å². The minimum absolute atomic E-state index is 0.245. The third-order valence-corrected chi connectivity index (χ3v) is 3.17. The van der Waals surface area contributed by atoms with Crippen LogP contribution < -0.4 is 16.0 Å². The van der Waals surface area contributed by atoms with Crippen molar-refractivity contribution in [2.45, 2.75) is 30.7 Å². The zero-order chi connectivity index (χ0) is 11.3. The Labute approximate surface area is 90.9 Å². The highest BCUT2D eigenvalue weighted by atomic mass is 16.5. The first-order valence-electron chi connectivity index (χ1n) is 5.31. The Bertz CT molecular complexity index is 207. The van der Waals surface area contributed by atoms with E-state index in [1.165, 1.54) is 0 Å². The van der Waals surface area contributed by atoms with Crippen LogP contribution in [0.3, 0.4) is 0 Å². The van der Waals surface area contributed by atoms with Gasteiger partial charge in [0, 0.05) is 6.04 Å². The van der Waals surface area contributed by atoms with E-state index in [-0.39, 0.29) is 17.8 Å². The normalized spacial score (nSPS) is 30.9. The Morgan fingerprint density at radius 2 is 2.00 bits per heavy atom. The van der Waals surface area contributed by atoms with Gasteiger partial charge in [0.1, 0.15) is 12.4 Å². The highest BCUT2D eigenvalue weighted by molar-refractivity contribution is 5.56. The van der Waals surface area contributed by atoms with Crippen molar-refractivity contribution in [2.24, 2.45) is 0 Å². The average Bonchev–Trinajstić information content (AvgIpc) is 2.48. The molecule has 1 saturated heterocycles. The molecule has 2 unspecified atom stereocenters. The fraction of sp³-hybridized carbons (Fsp3) is 0.900. The topological polar surface area (TPSA) is 62.4 Å². The van der Waals surface area contributed by atoms with E-state index in [0.717, 1.165) is 19.1 Å². The first-order valence-corrected chi connectivity index (χ1v) is 5.31. The number of likely N-dealkylation sites (N-methyl/N-ethyl adjacent to an activating group) is 2. The van der Waals surface area contributed by atoms with Gasteiger partial charge in [0.15, 0.2) is 0 Å². The molecule has 0 radical (unpaired) electrons. The zero-order valence-electron chi connectivity index (χ0n) is 9.67. The Kier molecular flexibility index (Phi) is 4.66. The van der Waals surface area contributed by atoms with Crippen LogP contribution in [-0.2, 0) is 9.53 Å². The predicted molar refractivity (Wildman–Crippen MR) is 58.7 cm³/mol. The molecule has 0 bridgehead atoms. The highest BCUT2D eigenvalue weighted by Gasteiger charge is 2.35. The fourth-order valence-electron chi connectivity index (χ4n) is 1.95. The van der Waals surface area contributed by atoms with Crippen molar-refractivity contribution >= 4 is 6.29 Å². The second-order valence-electron chi connectivity index (χ2n) is 3.99. The molecule has 0 spiro atoms. The SMILES string of the molecule is CNC1CC(C=O)OCC(NC)(NC)C1. The molecule has 0 aromatic heterocycles. The van der Waals surface area contributed by atoms with Crippen molar-refractivity contribution in [1.29, 1.82) is 0 Å². The maximum Gasteiger partial charge on any atom is 0.148 e. The van der Waals surface area contributed by atoms with E-state index < -0.39 is 0 Å². The van der Waals surface area contributed by atoms with Crippen LogP contribution in [0.1, 0.15) is 12.8 Å². The number of ether oxygens (including phenoxy) is 1. The fourth-order valence-corrected chi connectivity index (χ4v) is 1.95. The molecule has 5 heteroatoms. The third-order valence-electron chi connectivity index (χ3n) is 3.17. The Morgan fingerprint density at radius 3 is 2.47 bits per heavy atom. The predicted octanol–water partition coefficient (Wildman–Crippen LogP) is -0.913. The van der Waals surface area contributed by atoms with E-state index >= 15 is 0 Å². The molecule has 1 fully saturated rings. The number of carbonyl (C=O) groups excluding carboxylic acids is 1. The van der Waals surface area contributed by atoms with Gasteiger partial charge in [-0.25, -0.2) is 0 Å². The maximum absolute atomic E-state index is 10.8. The van der Waals surface area contributed by atoms with Crippen LogP contribution in [0.15, 0.2) is 0 Å². The Hall–Kier alpha value is -0.490. The lowest BCUT2D eigenvalue weighted by Crippen LogP contribution is -2.59. The molecule has 1 rings (SSSR count). The van der Waals surface area contributed by atoms with E-state index in [1.54, 1.807) is 0 Å². The number of carbonyl (C=O) groups is 1. The smallest absolute Gasteiger partial charge is 0.148 e. The molecule has 0 amide bonds. The summed E-state index contributed by atoms with van der Waals surface area (Å²) >= 11 is 0. The lowest BCUT2D eigenvalue weighted by Gasteiger charge is -2.33. The standard InChI is InChI=1S/C10H21N3O2/c1-11-8-4-9(6-14)15-7-10(5-8,12-2)13-3/h6,8-9,11-13H,4-5,7H2,1-3H3.